The van der Waals surface area contributed by atoms with Crippen molar-refractivity contribution < 1.29 is 14.7 Å². The first-order valence-electron chi connectivity index (χ1n) is 5.59. The number of rotatable bonds is 4. The van der Waals surface area contributed by atoms with Gasteiger partial charge in [-0.15, -0.1) is 0 Å². The van der Waals surface area contributed by atoms with E-state index in [2.05, 4.69) is 15.4 Å². The fourth-order valence-electron chi connectivity index (χ4n) is 1.58. The van der Waals surface area contributed by atoms with Gasteiger partial charge in [-0.05, 0) is 5.56 Å². The number of aliphatic carboxylic acids is 1. The van der Waals surface area contributed by atoms with Crippen LogP contribution < -0.4 is 5.32 Å². The van der Waals surface area contributed by atoms with E-state index in [0.29, 0.717) is 0 Å². The molecule has 0 aliphatic carbocycles. The zero-order chi connectivity index (χ0) is 13.7. The minimum Gasteiger partial charge on any atom is -0.480 e. The lowest BCUT2D eigenvalue weighted by Crippen LogP contribution is -2.44. The fourth-order valence-corrected chi connectivity index (χ4v) is 1.58. The van der Waals surface area contributed by atoms with E-state index in [9.17, 15) is 9.59 Å². The molecule has 19 heavy (non-hydrogen) atoms. The topological polar surface area (TPSA) is 97.1 Å². The molecule has 0 bridgehead atoms. The van der Waals surface area contributed by atoms with Gasteiger partial charge in [0, 0.05) is 6.42 Å². The maximum Gasteiger partial charge on any atom is 0.344 e. The van der Waals surface area contributed by atoms with Crippen LogP contribution in [0.15, 0.2) is 43.0 Å². The van der Waals surface area contributed by atoms with Crippen molar-refractivity contribution in [2.24, 2.45) is 0 Å². The Kier molecular flexibility index (Phi) is 3.87. The number of nitrogens with zero attached hydrogens (tertiary/aromatic N) is 3. The van der Waals surface area contributed by atoms with Gasteiger partial charge in [0.15, 0.2) is 0 Å². The lowest BCUT2D eigenvalue weighted by atomic mass is 10.1. The smallest absolute Gasteiger partial charge is 0.344 e. The van der Waals surface area contributed by atoms with E-state index in [1.54, 1.807) is 12.1 Å². The van der Waals surface area contributed by atoms with E-state index in [0.717, 1.165) is 10.2 Å². The van der Waals surface area contributed by atoms with Crippen LogP contribution >= 0.6 is 0 Å². The number of benzene rings is 1. The Morgan fingerprint density at radius 1 is 1.32 bits per heavy atom. The van der Waals surface area contributed by atoms with Crippen LogP contribution in [0.5, 0.6) is 0 Å². The average molecular weight is 260 g/mol. The van der Waals surface area contributed by atoms with E-state index in [4.69, 9.17) is 5.11 Å². The van der Waals surface area contributed by atoms with Gasteiger partial charge in [-0.2, -0.15) is 9.78 Å². The molecular weight excluding hydrogens is 248 g/mol. The summed E-state index contributed by atoms with van der Waals surface area (Å²) in [7, 11) is 0. The molecule has 7 heteroatoms. The van der Waals surface area contributed by atoms with Crippen molar-refractivity contribution in [3.05, 3.63) is 48.5 Å². The van der Waals surface area contributed by atoms with Gasteiger partial charge in [-0.3, -0.25) is 0 Å². The average Bonchev–Trinajstić information content (AvgIpc) is 2.93. The summed E-state index contributed by atoms with van der Waals surface area (Å²) in [6.07, 6.45) is 2.61. The van der Waals surface area contributed by atoms with Gasteiger partial charge < -0.3 is 10.4 Å². The second kappa shape index (κ2) is 5.76. The highest BCUT2D eigenvalue weighted by molar-refractivity contribution is 5.83. The standard InChI is InChI=1S/C12H12N4O3/c17-11(18)10(6-9-4-2-1-3-5-9)15-12(19)16-8-13-7-14-16/h1-5,7-8,10H,6H2,(H,15,19)(H,17,18). The molecule has 0 spiro atoms. The number of hydrogen-bond donors (Lipinski definition) is 2. The predicted octanol–water partition coefficient (Wildman–Crippen LogP) is 0.532. The minimum atomic E-state index is -1.10. The molecule has 2 aromatic rings. The predicted molar refractivity (Wildman–Crippen MR) is 65.5 cm³/mol. The second-order valence-corrected chi connectivity index (χ2v) is 3.87. The molecule has 0 fully saturated rings. The normalized spacial score (nSPS) is 11.8. The molecule has 98 valence electrons. The van der Waals surface area contributed by atoms with Crippen molar-refractivity contribution in [2.45, 2.75) is 12.5 Å². The Labute approximate surface area is 108 Å². The summed E-state index contributed by atoms with van der Waals surface area (Å²) in [5.41, 5.74) is 0.828. The van der Waals surface area contributed by atoms with Crippen LogP contribution in [0.25, 0.3) is 0 Å². The summed E-state index contributed by atoms with van der Waals surface area (Å²) in [4.78, 5) is 26.5. The maximum absolute atomic E-state index is 11.7. The molecule has 7 nitrogen and oxygen atoms in total. The Hall–Kier alpha value is -2.70. The Balaban J connectivity index is 2.05. The summed E-state index contributed by atoms with van der Waals surface area (Å²) in [5.74, 6) is -1.10. The third-order valence-electron chi connectivity index (χ3n) is 2.51. The summed E-state index contributed by atoms with van der Waals surface area (Å²) >= 11 is 0. The molecule has 0 saturated heterocycles. The number of amides is 1. The minimum absolute atomic E-state index is 0.205. The van der Waals surface area contributed by atoms with Crippen LogP contribution in [-0.4, -0.2) is 37.9 Å². The van der Waals surface area contributed by atoms with Crippen molar-refractivity contribution in [3.63, 3.8) is 0 Å². The molecule has 1 heterocycles. The zero-order valence-electron chi connectivity index (χ0n) is 9.93. The molecule has 0 saturated carbocycles. The molecule has 1 amide bonds. The first-order chi connectivity index (χ1) is 9.16. The summed E-state index contributed by atoms with van der Waals surface area (Å²) in [6.45, 7) is 0. The first kappa shape index (κ1) is 12.7. The van der Waals surface area contributed by atoms with Crippen molar-refractivity contribution in [3.8, 4) is 0 Å². The van der Waals surface area contributed by atoms with Crippen molar-refractivity contribution in [1.29, 1.82) is 0 Å². The van der Waals surface area contributed by atoms with E-state index in [1.807, 2.05) is 18.2 Å². The van der Waals surface area contributed by atoms with Crippen LogP contribution in [-0.2, 0) is 11.2 Å². The summed E-state index contributed by atoms with van der Waals surface area (Å²) < 4.78 is 0.945. The SMILES string of the molecule is O=C(O)C(Cc1ccccc1)NC(=O)n1cncn1. The molecule has 2 N–H and O–H groups in total. The molecule has 2 rings (SSSR count). The number of carbonyl (C=O) groups excluding carboxylic acids is 1. The Morgan fingerprint density at radius 3 is 2.63 bits per heavy atom. The molecule has 1 unspecified atom stereocenters. The van der Waals surface area contributed by atoms with Gasteiger partial charge in [0.25, 0.3) is 0 Å². The quantitative estimate of drug-likeness (QED) is 0.835. The van der Waals surface area contributed by atoms with E-state index in [-0.39, 0.29) is 6.42 Å². The zero-order valence-corrected chi connectivity index (χ0v) is 9.93. The molecule has 1 aromatic heterocycles. The third kappa shape index (κ3) is 3.38. The lowest BCUT2D eigenvalue weighted by Gasteiger charge is -2.14. The number of carboxylic acids is 1. The maximum atomic E-state index is 11.7. The van der Waals surface area contributed by atoms with Gasteiger partial charge in [0.2, 0.25) is 0 Å². The van der Waals surface area contributed by atoms with Crippen LogP contribution in [0.2, 0.25) is 0 Å². The van der Waals surface area contributed by atoms with E-state index < -0.39 is 18.0 Å². The fraction of sp³-hybridized carbons (Fsp3) is 0.167. The van der Waals surface area contributed by atoms with Crippen LogP contribution in [0.4, 0.5) is 4.79 Å². The number of carboxylic acid groups (broad SMARTS) is 1. The van der Waals surface area contributed by atoms with Crippen LogP contribution in [0, 0.1) is 0 Å². The van der Waals surface area contributed by atoms with Crippen LogP contribution in [0.3, 0.4) is 0 Å². The molecule has 0 aliphatic rings. The Bertz CT molecular complexity index is 554. The van der Waals surface area contributed by atoms with Crippen molar-refractivity contribution >= 4 is 12.0 Å². The number of nitrogens with one attached hydrogen (secondary N) is 1. The molecular formula is C12H12N4O3. The number of carbonyl (C=O) groups is 2. The van der Waals surface area contributed by atoms with Gasteiger partial charge in [-0.1, -0.05) is 30.3 Å². The van der Waals surface area contributed by atoms with Gasteiger partial charge >= 0.3 is 12.0 Å². The summed E-state index contributed by atoms with van der Waals surface area (Å²) in [6, 6.07) is 7.43. The van der Waals surface area contributed by atoms with Gasteiger partial charge in [0.05, 0.1) is 0 Å². The highest BCUT2D eigenvalue weighted by atomic mass is 16.4. The number of hydrogen-bond acceptors (Lipinski definition) is 4. The molecule has 1 aromatic carbocycles. The monoisotopic (exact) mass is 260 g/mol. The first-order valence-corrected chi connectivity index (χ1v) is 5.59. The van der Waals surface area contributed by atoms with E-state index >= 15 is 0 Å². The number of aromatic nitrogens is 3. The van der Waals surface area contributed by atoms with Gasteiger partial charge in [-0.25, -0.2) is 14.6 Å². The van der Waals surface area contributed by atoms with Crippen molar-refractivity contribution in [2.75, 3.05) is 0 Å². The van der Waals surface area contributed by atoms with E-state index in [1.165, 1.54) is 12.7 Å². The molecule has 0 aliphatic heterocycles. The lowest BCUT2D eigenvalue weighted by molar-refractivity contribution is -0.139. The van der Waals surface area contributed by atoms with Crippen molar-refractivity contribution in [1.82, 2.24) is 20.1 Å². The Morgan fingerprint density at radius 2 is 2.05 bits per heavy atom. The second-order valence-electron chi connectivity index (χ2n) is 3.87. The highest BCUT2D eigenvalue weighted by Crippen LogP contribution is 2.03. The molecule has 0 radical (unpaired) electrons. The highest BCUT2D eigenvalue weighted by Gasteiger charge is 2.21. The molecule has 1 atom stereocenters. The van der Waals surface area contributed by atoms with Crippen LogP contribution in [0.1, 0.15) is 5.56 Å². The largest absolute Gasteiger partial charge is 0.480 e. The summed E-state index contributed by atoms with van der Waals surface area (Å²) in [5, 5.41) is 15.1. The third-order valence-corrected chi connectivity index (χ3v) is 2.51. The van der Waals surface area contributed by atoms with Gasteiger partial charge in [0.1, 0.15) is 18.7 Å².